The summed E-state index contributed by atoms with van der Waals surface area (Å²) in [4.78, 5) is 15.1. The van der Waals surface area contributed by atoms with Gasteiger partial charge in [0.05, 0.1) is 42.2 Å². The zero-order valence-corrected chi connectivity index (χ0v) is 19.8. The van der Waals surface area contributed by atoms with E-state index in [2.05, 4.69) is 29.7 Å². The minimum atomic E-state index is -2.69. The van der Waals surface area contributed by atoms with Crippen LogP contribution in [0, 0.1) is 5.92 Å². The Hall–Kier alpha value is -2.61. The van der Waals surface area contributed by atoms with Gasteiger partial charge in [0.2, 0.25) is 0 Å². The quantitative estimate of drug-likeness (QED) is 0.425. The summed E-state index contributed by atoms with van der Waals surface area (Å²) in [5, 5.41) is 4.02. The largest absolute Gasteiger partial charge is 0.382 e. The molecule has 3 aromatic rings. The topological polar surface area (TPSA) is 107 Å². The lowest BCUT2D eigenvalue weighted by Gasteiger charge is -2.38. The van der Waals surface area contributed by atoms with Crippen molar-refractivity contribution in [3.05, 3.63) is 36.4 Å². The molecule has 0 amide bonds. The molecule has 0 spiro atoms. The standard InChI is InChI=1S/C21H27F2N7O3S/c1-32-5-6-33-15-7-14(9-27-34(2)31)11-29(12-15)20-8-17(25-13-26-20)18-10-24-19-4-3-16(21(22)23)28-30(18)19/h3-4,8,10,13-15,21,27H,5-7,9,11-12H2,1-2H3. The Morgan fingerprint density at radius 3 is 2.85 bits per heavy atom. The lowest BCUT2D eigenvalue weighted by molar-refractivity contribution is 0.00209. The minimum absolute atomic E-state index is 0.0505. The Balaban J connectivity index is 1.59. The van der Waals surface area contributed by atoms with Crippen LogP contribution in [0.1, 0.15) is 18.5 Å². The summed E-state index contributed by atoms with van der Waals surface area (Å²) in [5.74, 6) is 0.863. The number of hydrogen-bond acceptors (Lipinski definition) is 8. The number of rotatable bonds is 10. The van der Waals surface area contributed by atoms with E-state index >= 15 is 0 Å². The van der Waals surface area contributed by atoms with Crippen molar-refractivity contribution in [1.82, 2.24) is 29.3 Å². The number of imidazole rings is 1. The Morgan fingerprint density at radius 2 is 2.09 bits per heavy atom. The second-order valence-electron chi connectivity index (χ2n) is 8.03. The van der Waals surface area contributed by atoms with Gasteiger partial charge in [-0.2, -0.15) is 5.10 Å². The second-order valence-corrected chi connectivity index (χ2v) is 9.23. The molecule has 4 heterocycles. The molecule has 10 nitrogen and oxygen atoms in total. The number of methoxy groups -OCH3 is 1. The number of alkyl halides is 2. The molecule has 1 saturated heterocycles. The first kappa shape index (κ1) is 24.5. The fourth-order valence-corrected chi connectivity index (χ4v) is 4.45. The summed E-state index contributed by atoms with van der Waals surface area (Å²) >= 11 is 0. The maximum Gasteiger partial charge on any atom is 0.282 e. The van der Waals surface area contributed by atoms with Crippen molar-refractivity contribution in [3.8, 4) is 11.4 Å². The van der Waals surface area contributed by atoms with E-state index in [0.29, 0.717) is 55.7 Å². The molecule has 0 aliphatic carbocycles. The third-order valence-corrected chi connectivity index (χ3v) is 6.13. The van der Waals surface area contributed by atoms with Crippen molar-refractivity contribution in [2.24, 2.45) is 5.92 Å². The Labute approximate surface area is 198 Å². The molecule has 0 aromatic carbocycles. The van der Waals surface area contributed by atoms with Crippen molar-refractivity contribution < 1.29 is 22.5 Å². The zero-order chi connectivity index (χ0) is 24.1. The lowest BCUT2D eigenvalue weighted by atomic mass is 9.96. The second kappa shape index (κ2) is 11.2. The van der Waals surface area contributed by atoms with Gasteiger partial charge in [-0.25, -0.2) is 37.2 Å². The number of anilines is 1. The number of nitrogens with zero attached hydrogens (tertiary/aromatic N) is 6. The van der Waals surface area contributed by atoms with Crippen LogP contribution >= 0.6 is 0 Å². The smallest absolute Gasteiger partial charge is 0.282 e. The number of halogens is 2. The van der Waals surface area contributed by atoms with Crippen LogP contribution in [0.3, 0.4) is 0 Å². The molecule has 184 valence electrons. The van der Waals surface area contributed by atoms with Gasteiger partial charge in [-0.05, 0) is 24.5 Å². The molecule has 0 bridgehead atoms. The van der Waals surface area contributed by atoms with Gasteiger partial charge in [0.1, 0.15) is 23.5 Å². The van der Waals surface area contributed by atoms with E-state index in [4.69, 9.17) is 9.47 Å². The number of nitrogens with one attached hydrogen (secondary N) is 1. The molecule has 0 radical (unpaired) electrons. The maximum atomic E-state index is 13.2. The SMILES string of the molecule is COCCOC1CC(CNS(C)=O)CN(c2cc(-c3cnc4ccc(C(F)F)nn34)ncn2)C1. The minimum Gasteiger partial charge on any atom is -0.382 e. The van der Waals surface area contributed by atoms with Gasteiger partial charge in [-0.3, -0.25) is 0 Å². The van der Waals surface area contributed by atoms with E-state index in [1.165, 1.54) is 23.0 Å². The van der Waals surface area contributed by atoms with E-state index in [1.807, 2.05) is 0 Å². The monoisotopic (exact) mass is 495 g/mol. The molecular formula is C21H27F2N7O3S. The van der Waals surface area contributed by atoms with Gasteiger partial charge < -0.3 is 14.4 Å². The van der Waals surface area contributed by atoms with E-state index in [-0.39, 0.29) is 17.7 Å². The highest BCUT2D eigenvalue weighted by Gasteiger charge is 2.29. The highest BCUT2D eigenvalue weighted by Crippen LogP contribution is 2.27. The predicted octanol–water partition coefficient (Wildman–Crippen LogP) is 1.86. The van der Waals surface area contributed by atoms with Gasteiger partial charge >= 0.3 is 0 Å². The molecule has 1 N–H and O–H groups in total. The first-order valence-electron chi connectivity index (χ1n) is 10.8. The first-order chi connectivity index (χ1) is 16.4. The van der Waals surface area contributed by atoms with Crippen LogP contribution < -0.4 is 9.62 Å². The van der Waals surface area contributed by atoms with Gasteiger partial charge in [0.15, 0.2) is 5.65 Å². The molecule has 4 rings (SSSR count). The van der Waals surface area contributed by atoms with Gasteiger partial charge in [-0.1, -0.05) is 0 Å². The summed E-state index contributed by atoms with van der Waals surface area (Å²) in [6.07, 6.45) is 2.67. The summed E-state index contributed by atoms with van der Waals surface area (Å²) in [6, 6.07) is 4.55. The van der Waals surface area contributed by atoms with Crippen molar-refractivity contribution in [2.75, 3.05) is 51.1 Å². The van der Waals surface area contributed by atoms with E-state index in [9.17, 15) is 13.0 Å². The van der Waals surface area contributed by atoms with Crippen LogP contribution in [0.4, 0.5) is 14.6 Å². The van der Waals surface area contributed by atoms with Crippen molar-refractivity contribution >= 4 is 22.5 Å². The molecule has 34 heavy (non-hydrogen) atoms. The molecule has 1 fully saturated rings. The molecule has 3 aromatic heterocycles. The van der Waals surface area contributed by atoms with Gasteiger partial charge in [-0.15, -0.1) is 0 Å². The number of fused-ring (bicyclic) bond motifs is 1. The van der Waals surface area contributed by atoms with Crippen LogP contribution in [-0.2, 0) is 20.5 Å². The highest BCUT2D eigenvalue weighted by atomic mass is 32.2. The fourth-order valence-electron chi connectivity index (χ4n) is 3.98. The maximum absolute atomic E-state index is 13.2. The molecule has 1 aliphatic heterocycles. The van der Waals surface area contributed by atoms with E-state index in [1.54, 1.807) is 25.6 Å². The fraction of sp³-hybridized carbons (Fsp3) is 0.524. The van der Waals surface area contributed by atoms with Crippen LogP contribution in [0.2, 0.25) is 0 Å². The average molecular weight is 496 g/mol. The van der Waals surface area contributed by atoms with Crippen molar-refractivity contribution in [3.63, 3.8) is 0 Å². The van der Waals surface area contributed by atoms with Crippen LogP contribution in [0.25, 0.3) is 17.0 Å². The molecular weight excluding hydrogens is 468 g/mol. The summed E-state index contributed by atoms with van der Waals surface area (Å²) < 4.78 is 53.3. The third kappa shape index (κ3) is 5.90. The summed E-state index contributed by atoms with van der Waals surface area (Å²) in [6.45, 7) is 2.86. The highest BCUT2D eigenvalue weighted by molar-refractivity contribution is 7.82. The summed E-state index contributed by atoms with van der Waals surface area (Å²) in [5.41, 5.74) is 1.12. The number of ether oxygens (including phenoxy) is 2. The third-order valence-electron chi connectivity index (χ3n) is 5.56. The number of hydrogen-bond donors (Lipinski definition) is 1. The van der Waals surface area contributed by atoms with Gasteiger partial charge in [0, 0.05) is 39.1 Å². The molecule has 3 unspecified atom stereocenters. The van der Waals surface area contributed by atoms with Gasteiger partial charge in [0.25, 0.3) is 6.43 Å². The van der Waals surface area contributed by atoms with Crippen LogP contribution in [-0.4, -0.2) is 81.1 Å². The predicted molar refractivity (Wildman–Crippen MR) is 123 cm³/mol. The molecule has 3 atom stereocenters. The average Bonchev–Trinajstić information content (AvgIpc) is 3.26. The molecule has 1 aliphatic rings. The van der Waals surface area contributed by atoms with E-state index < -0.39 is 17.4 Å². The normalized spacial score (nSPS) is 19.7. The summed E-state index contributed by atoms with van der Waals surface area (Å²) in [7, 11) is 0.518. The van der Waals surface area contributed by atoms with E-state index in [0.717, 1.165) is 6.42 Å². The Kier molecular flexibility index (Phi) is 8.08. The Morgan fingerprint density at radius 1 is 1.24 bits per heavy atom. The first-order valence-corrected chi connectivity index (χ1v) is 12.4. The molecule has 13 heteroatoms. The number of aromatic nitrogens is 5. The Bertz CT molecular complexity index is 1130. The molecule has 0 saturated carbocycles. The van der Waals surface area contributed by atoms with Crippen LogP contribution in [0.15, 0.2) is 30.7 Å². The lowest BCUT2D eigenvalue weighted by Crippen LogP contribution is -2.47. The zero-order valence-electron chi connectivity index (χ0n) is 18.9. The van der Waals surface area contributed by atoms with Crippen molar-refractivity contribution in [1.29, 1.82) is 0 Å². The van der Waals surface area contributed by atoms with Crippen molar-refractivity contribution in [2.45, 2.75) is 19.0 Å². The number of piperidine rings is 1. The van der Waals surface area contributed by atoms with Crippen LogP contribution in [0.5, 0.6) is 0 Å².